The average molecular weight is 369 g/mol. The lowest BCUT2D eigenvalue weighted by atomic mass is 9.86. The molecule has 6 heteroatoms. The van der Waals surface area contributed by atoms with Crippen LogP contribution in [0.2, 0.25) is 0 Å². The van der Waals surface area contributed by atoms with E-state index in [1.54, 1.807) is 0 Å². The van der Waals surface area contributed by atoms with Gasteiger partial charge < -0.3 is 20.9 Å². The van der Waals surface area contributed by atoms with Crippen LogP contribution in [0, 0.1) is 5.41 Å². The number of rotatable bonds is 4. The molecule has 1 aliphatic heterocycles. The molecule has 1 amide bonds. The molecule has 25 heavy (non-hydrogen) atoms. The van der Waals surface area contributed by atoms with Gasteiger partial charge in [-0.15, -0.1) is 11.3 Å². The third kappa shape index (κ3) is 4.61. The number of ether oxygens (including phenoxy) is 1. The van der Waals surface area contributed by atoms with E-state index in [9.17, 15) is 9.90 Å². The third-order valence-corrected chi connectivity index (χ3v) is 5.84. The van der Waals surface area contributed by atoms with E-state index in [0.717, 1.165) is 21.9 Å². The highest BCUT2D eigenvalue weighted by Crippen LogP contribution is 2.48. The minimum absolute atomic E-state index is 0.123. The van der Waals surface area contributed by atoms with E-state index in [1.165, 1.54) is 16.9 Å². The first-order chi connectivity index (χ1) is 11.3. The zero-order valence-electron chi connectivity index (χ0n) is 16.4. The molecular formula is C19H32N2O3S. The molecule has 0 bridgehead atoms. The molecule has 0 saturated carbocycles. The van der Waals surface area contributed by atoms with Crippen molar-refractivity contribution in [3.63, 3.8) is 0 Å². The standard InChI is InChI=1S/C19H32N2O3S/c1-17(2,3)9-13(22)15(23)21-16-12(10-20)11-8-18(4,5)24-19(6,7)14(11)25-16/h13,22H,8-10,20H2,1-7H3,(H,21,23). The fourth-order valence-corrected chi connectivity index (χ4v) is 4.85. The number of hydrogen-bond acceptors (Lipinski definition) is 5. The first-order valence-electron chi connectivity index (χ1n) is 8.80. The molecule has 0 fully saturated rings. The predicted octanol–water partition coefficient (Wildman–Crippen LogP) is 3.53. The second-order valence-electron chi connectivity index (χ2n) is 9.24. The van der Waals surface area contributed by atoms with Gasteiger partial charge in [-0.05, 0) is 45.1 Å². The van der Waals surface area contributed by atoms with Crippen LogP contribution in [0.1, 0.15) is 70.9 Å². The molecular weight excluding hydrogens is 336 g/mol. The van der Waals surface area contributed by atoms with E-state index in [4.69, 9.17) is 10.5 Å². The van der Waals surface area contributed by atoms with Gasteiger partial charge in [0.2, 0.25) is 0 Å². The quantitative estimate of drug-likeness (QED) is 0.759. The van der Waals surface area contributed by atoms with E-state index >= 15 is 0 Å². The molecule has 142 valence electrons. The van der Waals surface area contributed by atoms with Crippen molar-refractivity contribution < 1.29 is 14.6 Å². The molecule has 0 aromatic carbocycles. The van der Waals surface area contributed by atoms with Crippen molar-refractivity contribution >= 4 is 22.2 Å². The van der Waals surface area contributed by atoms with Gasteiger partial charge in [-0.3, -0.25) is 4.79 Å². The highest BCUT2D eigenvalue weighted by molar-refractivity contribution is 7.16. The van der Waals surface area contributed by atoms with E-state index in [0.29, 0.717) is 13.0 Å². The van der Waals surface area contributed by atoms with Crippen LogP contribution in [-0.4, -0.2) is 22.7 Å². The zero-order valence-corrected chi connectivity index (χ0v) is 17.3. The Hall–Kier alpha value is -0.950. The number of amides is 1. The first kappa shape index (κ1) is 20.4. The Balaban J connectivity index is 2.32. The maximum atomic E-state index is 12.4. The second kappa shape index (κ2) is 6.65. The number of nitrogens with one attached hydrogen (secondary N) is 1. The number of aliphatic hydroxyl groups excluding tert-OH is 1. The topological polar surface area (TPSA) is 84.6 Å². The van der Waals surface area contributed by atoms with E-state index in [-0.39, 0.29) is 16.9 Å². The van der Waals surface area contributed by atoms with Crippen LogP contribution in [0.5, 0.6) is 0 Å². The highest BCUT2D eigenvalue weighted by atomic mass is 32.1. The summed E-state index contributed by atoms with van der Waals surface area (Å²) in [7, 11) is 0. The SMILES string of the molecule is CC(C)(C)CC(O)C(=O)Nc1sc2c(c1CN)CC(C)(C)OC2(C)C. The fourth-order valence-electron chi connectivity index (χ4n) is 3.56. The maximum absolute atomic E-state index is 12.4. The summed E-state index contributed by atoms with van der Waals surface area (Å²) in [6.45, 7) is 14.6. The van der Waals surface area contributed by atoms with Gasteiger partial charge in [0.1, 0.15) is 11.1 Å². The van der Waals surface area contributed by atoms with E-state index in [1.807, 2.05) is 34.6 Å². The van der Waals surface area contributed by atoms with Crippen LogP contribution in [-0.2, 0) is 28.1 Å². The summed E-state index contributed by atoms with van der Waals surface area (Å²) in [5.74, 6) is -0.374. The monoisotopic (exact) mass is 368 g/mol. The molecule has 1 atom stereocenters. The highest BCUT2D eigenvalue weighted by Gasteiger charge is 2.41. The smallest absolute Gasteiger partial charge is 0.253 e. The molecule has 1 aliphatic rings. The number of anilines is 1. The Morgan fingerprint density at radius 3 is 2.48 bits per heavy atom. The summed E-state index contributed by atoms with van der Waals surface area (Å²) in [6.07, 6.45) is 0.129. The van der Waals surface area contributed by atoms with Crippen molar-refractivity contribution in [2.75, 3.05) is 5.32 Å². The molecule has 1 aromatic heterocycles. The average Bonchev–Trinajstić information content (AvgIpc) is 2.72. The van der Waals surface area contributed by atoms with Crippen LogP contribution in [0.4, 0.5) is 5.00 Å². The molecule has 4 N–H and O–H groups in total. The zero-order chi connectivity index (χ0) is 19.2. The molecule has 0 aliphatic carbocycles. The van der Waals surface area contributed by atoms with E-state index in [2.05, 4.69) is 19.2 Å². The van der Waals surface area contributed by atoms with Crippen LogP contribution < -0.4 is 11.1 Å². The summed E-state index contributed by atoms with van der Waals surface area (Å²) in [5, 5.41) is 13.8. The Morgan fingerprint density at radius 2 is 1.96 bits per heavy atom. The summed E-state index contributed by atoms with van der Waals surface area (Å²) in [4.78, 5) is 13.5. The third-order valence-electron chi connectivity index (χ3n) is 4.35. The Kier molecular flexibility index (Phi) is 5.42. The minimum atomic E-state index is -1.04. The number of fused-ring (bicyclic) bond motifs is 1. The number of aliphatic hydroxyl groups is 1. The van der Waals surface area contributed by atoms with Gasteiger partial charge in [0.25, 0.3) is 5.91 Å². The molecule has 0 spiro atoms. The Labute approximate surface area is 154 Å². The first-order valence-corrected chi connectivity index (χ1v) is 9.61. The Bertz CT molecular complexity index is 656. The number of carbonyl (C=O) groups excluding carboxylic acids is 1. The van der Waals surface area contributed by atoms with Crippen LogP contribution in [0.25, 0.3) is 0 Å². The normalized spacial score (nSPS) is 20.0. The van der Waals surface area contributed by atoms with Gasteiger partial charge in [0.05, 0.1) is 11.2 Å². The molecule has 5 nitrogen and oxygen atoms in total. The van der Waals surface area contributed by atoms with Gasteiger partial charge in [0, 0.05) is 23.4 Å². The molecule has 0 radical (unpaired) electrons. The van der Waals surface area contributed by atoms with Crippen molar-refractivity contribution in [1.82, 2.24) is 0 Å². The molecule has 1 aromatic rings. The van der Waals surface area contributed by atoms with Gasteiger partial charge >= 0.3 is 0 Å². The lowest BCUT2D eigenvalue weighted by Crippen LogP contribution is -2.41. The summed E-state index contributed by atoms with van der Waals surface area (Å²) < 4.78 is 6.23. The van der Waals surface area contributed by atoms with Gasteiger partial charge in [0.15, 0.2) is 0 Å². The number of carbonyl (C=O) groups is 1. The molecule has 2 rings (SSSR count). The number of hydrogen-bond donors (Lipinski definition) is 3. The largest absolute Gasteiger partial charge is 0.383 e. The maximum Gasteiger partial charge on any atom is 0.253 e. The summed E-state index contributed by atoms with van der Waals surface area (Å²) in [5.41, 5.74) is 7.30. The van der Waals surface area contributed by atoms with E-state index < -0.39 is 11.7 Å². The minimum Gasteiger partial charge on any atom is -0.383 e. The number of nitrogens with two attached hydrogens (primary N) is 1. The summed E-state index contributed by atoms with van der Waals surface area (Å²) >= 11 is 1.51. The van der Waals surface area contributed by atoms with Gasteiger partial charge in [-0.1, -0.05) is 20.8 Å². The molecule has 0 saturated heterocycles. The molecule has 1 unspecified atom stereocenters. The Morgan fingerprint density at radius 1 is 1.36 bits per heavy atom. The summed E-state index contributed by atoms with van der Waals surface area (Å²) in [6, 6.07) is 0. The van der Waals surface area contributed by atoms with Crippen molar-refractivity contribution in [3.8, 4) is 0 Å². The van der Waals surface area contributed by atoms with Gasteiger partial charge in [-0.25, -0.2) is 0 Å². The molecule has 2 heterocycles. The van der Waals surface area contributed by atoms with Crippen LogP contribution in [0.15, 0.2) is 0 Å². The van der Waals surface area contributed by atoms with Gasteiger partial charge in [-0.2, -0.15) is 0 Å². The lowest BCUT2D eigenvalue weighted by molar-refractivity contribution is -0.136. The fraction of sp³-hybridized carbons (Fsp3) is 0.737. The van der Waals surface area contributed by atoms with Crippen molar-refractivity contribution in [1.29, 1.82) is 0 Å². The van der Waals surface area contributed by atoms with Crippen LogP contribution >= 0.6 is 11.3 Å². The van der Waals surface area contributed by atoms with Crippen LogP contribution in [0.3, 0.4) is 0 Å². The van der Waals surface area contributed by atoms with Crippen molar-refractivity contribution in [2.45, 2.75) is 85.2 Å². The number of thiophene rings is 1. The second-order valence-corrected chi connectivity index (χ2v) is 10.3. The predicted molar refractivity (Wildman–Crippen MR) is 103 cm³/mol. The van der Waals surface area contributed by atoms with Crippen molar-refractivity contribution in [3.05, 3.63) is 16.0 Å². The van der Waals surface area contributed by atoms with Crippen molar-refractivity contribution in [2.24, 2.45) is 11.1 Å². The lowest BCUT2D eigenvalue weighted by Gasteiger charge is -2.41.